The number of aliphatic imine (C=N–C) groups is 1. The lowest BCUT2D eigenvalue weighted by Gasteiger charge is -2.37. The summed E-state index contributed by atoms with van der Waals surface area (Å²) in [7, 11) is 3.30. The van der Waals surface area contributed by atoms with E-state index in [9.17, 15) is 24.0 Å². The number of likely N-dealkylation sites (tertiary alicyclic amines) is 1. The van der Waals surface area contributed by atoms with Crippen molar-refractivity contribution in [1.29, 1.82) is 0 Å². The Bertz CT molecular complexity index is 2320. The zero-order valence-corrected chi connectivity index (χ0v) is 39.3. The third-order valence-electron chi connectivity index (χ3n) is 13.1. The third kappa shape index (κ3) is 9.64. The zero-order valence-electron chi connectivity index (χ0n) is 38.5. The summed E-state index contributed by atoms with van der Waals surface area (Å²) in [4.78, 5) is 82.1. The number of carbonyl (C=O) groups excluding carboxylic acids is 5. The molecular formula is C48H64N8O7S. The van der Waals surface area contributed by atoms with Crippen LogP contribution < -0.4 is 10.7 Å². The molecular weight excluding hydrogens is 833 g/mol. The molecule has 6 heterocycles. The molecule has 0 spiro atoms. The summed E-state index contributed by atoms with van der Waals surface area (Å²) in [6, 6.07) is 7.67. The Kier molecular flexibility index (Phi) is 14.4. The Balaban J connectivity index is 1.25. The Labute approximate surface area is 380 Å². The number of hydrogen-bond acceptors (Lipinski definition) is 11. The number of aromatic nitrogens is 2. The highest BCUT2D eigenvalue weighted by Crippen LogP contribution is 2.42. The molecule has 0 saturated carbocycles. The maximum atomic E-state index is 14.6. The van der Waals surface area contributed by atoms with Crippen LogP contribution in [0.25, 0.3) is 22.2 Å². The summed E-state index contributed by atoms with van der Waals surface area (Å²) < 4.78 is 14.3. The largest absolute Gasteiger partial charge is 0.464 e. The van der Waals surface area contributed by atoms with Crippen molar-refractivity contribution >= 4 is 57.3 Å². The van der Waals surface area contributed by atoms with Gasteiger partial charge in [0.1, 0.15) is 18.1 Å². The fraction of sp³-hybridized carbons (Fsp3) is 0.562. The first kappa shape index (κ1) is 46.9. The highest BCUT2D eigenvalue weighted by Gasteiger charge is 2.41. The van der Waals surface area contributed by atoms with Crippen LogP contribution in [0.2, 0.25) is 0 Å². The van der Waals surface area contributed by atoms with Gasteiger partial charge < -0.3 is 29.2 Å². The molecule has 2 saturated heterocycles. The first-order valence-corrected chi connectivity index (χ1v) is 23.6. The molecule has 4 aliphatic heterocycles. The summed E-state index contributed by atoms with van der Waals surface area (Å²) in [5.41, 5.74) is 8.78. The molecule has 0 radical (unpaired) electrons. The fourth-order valence-electron chi connectivity index (χ4n) is 9.70. The highest BCUT2D eigenvalue weighted by molar-refractivity contribution is 8.14. The van der Waals surface area contributed by atoms with Crippen LogP contribution in [-0.2, 0) is 46.4 Å². The van der Waals surface area contributed by atoms with Crippen LogP contribution in [0.3, 0.4) is 0 Å². The summed E-state index contributed by atoms with van der Waals surface area (Å²) in [6.07, 6.45) is 5.02. The number of benzene rings is 1. The standard InChI is InChI=1S/C48H64N8O7S/c1-10-40(57)54-21-18-31(25-54)45(59)53(8)42(28(3)4)44(58)51-36-23-39-50-37(26-64-39)30-16-17-38-33(22-30)34(43(55(38)11-2)32-14-12-19-49-41(32)29(5)62-9)24-48(6,7)27-63-47(61)35-15-13-20-56(52-35)46(36)60/h10,12,14,16-17,19,22,28-29,31,35-37,42,52H,1,11,13,15,18,20-21,23-27H2,2-9H3,(H,51,58)/t29-,31-,35-,36-,37?,42-/m0/s1. The maximum Gasteiger partial charge on any atom is 0.324 e. The zero-order chi connectivity index (χ0) is 46.0. The number of thioether (sulfide) groups is 1. The van der Waals surface area contributed by atoms with Crippen molar-refractivity contribution in [1.82, 2.24) is 35.1 Å². The number of fused-ring (bicyclic) bond motifs is 5. The first-order chi connectivity index (χ1) is 30.5. The number of carbonyl (C=O) groups is 5. The number of likely N-dealkylation sites (N-methyl/N-ethyl adjacent to an activating group) is 1. The van der Waals surface area contributed by atoms with Crippen molar-refractivity contribution in [2.45, 2.75) is 110 Å². The average Bonchev–Trinajstić information content (AvgIpc) is 4.05. The van der Waals surface area contributed by atoms with Gasteiger partial charge in [0, 0.05) is 80.6 Å². The predicted octanol–water partition coefficient (Wildman–Crippen LogP) is 5.63. The molecule has 6 atom stereocenters. The summed E-state index contributed by atoms with van der Waals surface area (Å²) in [6.45, 7) is 17.5. The number of ether oxygens (including phenoxy) is 2. The molecule has 344 valence electrons. The van der Waals surface area contributed by atoms with E-state index in [2.05, 4.69) is 66.9 Å². The number of pyridine rings is 1. The van der Waals surface area contributed by atoms with Crippen molar-refractivity contribution in [3.8, 4) is 11.3 Å². The van der Waals surface area contributed by atoms with Gasteiger partial charge in [0.15, 0.2) is 0 Å². The molecule has 6 bridgehead atoms. The Morgan fingerprint density at radius 2 is 1.94 bits per heavy atom. The Morgan fingerprint density at radius 3 is 2.66 bits per heavy atom. The van der Waals surface area contributed by atoms with Gasteiger partial charge in [-0.3, -0.25) is 39.0 Å². The number of hydrazine groups is 1. The van der Waals surface area contributed by atoms with Gasteiger partial charge in [0.2, 0.25) is 17.7 Å². The second-order valence-electron chi connectivity index (χ2n) is 18.7. The molecule has 3 aromatic rings. The van der Waals surface area contributed by atoms with Crippen LogP contribution in [0, 0.1) is 17.3 Å². The molecule has 2 fully saturated rings. The second kappa shape index (κ2) is 19.6. The molecule has 1 aromatic carbocycles. The molecule has 4 aliphatic rings. The maximum absolute atomic E-state index is 14.6. The van der Waals surface area contributed by atoms with Gasteiger partial charge in [0.05, 0.1) is 41.1 Å². The molecule has 4 amide bonds. The number of esters is 1. The fourth-order valence-corrected chi connectivity index (χ4v) is 10.8. The molecule has 15 nitrogen and oxygen atoms in total. The lowest BCUT2D eigenvalue weighted by molar-refractivity contribution is -0.155. The highest BCUT2D eigenvalue weighted by atomic mass is 32.2. The lowest BCUT2D eigenvalue weighted by Crippen LogP contribution is -2.62. The quantitative estimate of drug-likeness (QED) is 0.192. The topological polar surface area (TPSA) is 168 Å². The molecule has 7 rings (SSSR count). The van der Waals surface area contributed by atoms with Gasteiger partial charge in [-0.2, -0.15) is 0 Å². The van der Waals surface area contributed by atoms with Crippen LogP contribution in [0.4, 0.5) is 0 Å². The van der Waals surface area contributed by atoms with Crippen LogP contribution in [-0.4, -0.2) is 123 Å². The van der Waals surface area contributed by atoms with E-state index < -0.39 is 47.2 Å². The molecule has 16 heteroatoms. The normalized spacial score (nSPS) is 23.6. The van der Waals surface area contributed by atoms with Crippen molar-refractivity contribution in [3.63, 3.8) is 0 Å². The minimum Gasteiger partial charge on any atom is -0.464 e. The number of hydrogen-bond donors (Lipinski definition) is 2. The smallest absolute Gasteiger partial charge is 0.324 e. The van der Waals surface area contributed by atoms with Gasteiger partial charge in [-0.25, -0.2) is 5.43 Å². The van der Waals surface area contributed by atoms with Gasteiger partial charge in [-0.1, -0.05) is 40.3 Å². The number of cyclic esters (lactones) is 1. The molecule has 64 heavy (non-hydrogen) atoms. The second-order valence-corrected chi connectivity index (χ2v) is 19.7. The van der Waals surface area contributed by atoms with Gasteiger partial charge in [-0.05, 0) is 86.9 Å². The molecule has 2 N–H and O–H groups in total. The van der Waals surface area contributed by atoms with Crippen molar-refractivity contribution in [3.05, 3.63) is 66.0 Å². The van der Waals surface area contributed by atoms with Crippen LogP contribution in [0.1, 0.15) is 96.2 Å². The number of aryl methyl sites for hydroxylation is 1. The van der Waals surface area contributed by atoms with Crippen molar-refractivity contribution in [2.75, 3.05) is 46.2 Å². The molecule has 1 unspecified atom stereocenters. The lowest BCUT2D eigenvalue weighted by atomic mass is 9.84. The van der Waals surface area contributed by atoms with Gasteiger partial charge >= 0.3 is 5.97 Å². The van der Waals surface area contributed by atoms with E-state index in [1.165, 1.54) is 16.0 Å². The predicted molar refractivity (Wildman–Crippen MR) is 248 cm³/mol. The first-order valence-electron chi connectivity index (χ1n) is 22.6. The van der Waals surface area contributed by atoms with Crippen molar-refractivity contribution < 1.29 is 33.4 Å². The number of methoxy groups -OCH3 is 1. The van der Waals surface area contributed by atoms with E-state index in [1.807, 2.05) is 26.8 Å². The van der Waals surface area contributed by atoms with Crippen LogP contribution in [0.5, 0.6) is 0 Å². The Morgan fingerprint density at radius 1 is 1.16 bits per heavy atom. The third-order valence-corrected chi connectivity index (χ3v) is 14.2. The average molecular weight is 897 g/mol. The Hall–Kier alpha value is -5.06. The van der Waals surface area contributed by atoms with Crippen molar-refractivity contribution in [2.24, 2.45) is 22.2 Å². The summed E-state index contributed by atoms with van der Waals surface area (Å²) >= 11 is 1.57. The number of nitrogens with one attached hydrogen (secondary N) is 2. The van der Waals surface area contributed by atoms with Gasteiger partial charge in [0.25, 0.3) is 5.91 Å². The summed E-state index contributed by atoms with van der Waals surface area (Å²) in [5.74, 6) is -1.90. The van der Waals surface area contributed by atoms with E-state index in [-0.39, 0.29) is 49.5 Å². The minimum absolute atomic E-state index is 0.127. The van der Waals surface area contributed by atoms with E-state index in [0.29, 0.717) is 51.1 Å². The monoisotopic (exact) mass is 896 g/mol. The number of amides is 4. The minimum atomic E-state index is -1.05. The molecule has 0 aliphatic carbocycles. The van der Waals surface area contributed by atoms with Crippen LogP contribution in [0.15, 0.2) is 54.2 Å². The molecule has 2 aromatic heterocycles. The van der Waals surface area contributed by atoms with E-state index in [1.54, 1.807) is 37.0 Å². The van der Waals surface area contributed by atoms with Gasteiger partial charge in [-0.15, -0.1) is 11.8 Å². The van der Waals surface area contributed by atoms with Crippen LogP contribution >= 0.6 is 11.8 Å². The van der Waals surface area contributed by atoms with E-state index >= 15 is 0 Å². The summed E-state index contributed by atoms with van der Waals surface area (Å²) in [5, 5.41) is 6.28. The number of rotatable bonds is 10. The van der Waals surface area contributed by atoms with E-state index in [4.69, 9.17) is 19.5 Å². The number of nitrogens with zero attached hydrogens (tertiary/aromatic N) is 6. The SMILES string of the molecule is C=CC(=O)N1CC[C@H](C(=O)N(C)[C@H](C(=O)N[C@H]2CC3=NC(CS3)c3ccc4c(c3)c(c(-c3cccnc3[C@H](C)OC)n4CC)CC(C)(C)COC(=O)[C@@H]3CCCN(N3)C2=O)C(C)C)C1. The van der Waals surface area contributed by atoms with E-state index in [0.717, 1.165) is 44.0 Å².